The fraction of sp³-hybridized carbons (Fsp3) is 0.280. The molecule has 5 rings (SSSR count). The molecule has 0 unspecified atom stereocenters. The Bertz CT molecular complexity index is 1350. The van der Waals surface area contributed by atoms with E-state index >= 15 is 0 Å². The summed E-state index contributed by atoms with van der Waals surface area (Å²) in [7, 11) is 0. The Labute approximate surface area is 193 Å². The first kappa shape index (κ1) is 22.1. The molecular weight excluding hydrogens is 447 g/mol. The van der Waals surface area contributed by atoms with E-state index in [2.05, 4.69) is 28.5 Å². The zero-order chi connectivity index (χ0) is 24.4. The van der Waals surface area contributed by atoms with Crippen LogP contribution in [0.3, 0.4) is 0 Å². The molecule has 0 aliphatic carbocycles. The molecule has 0 saturated carbocycles. The summed E-state index contributed by atoms with van der Waals surface area (Å²) in [6.07, 6.45) is -2.81. The molecule has 2 aromatic carbocycles. The molecule has 0 saturated heterocycles. The fourth-order valence-corrected chi connectivity index (χ4v) is 4.87. The van der Waals surface area contributed by atoms with Crippen molar-refractivity contribution in [2.75, 3.05) is 11.9 Å². The van der Waals surface area contributed by atoms with Gasteiger partial charge in [-0.15, -0.1) is 13.2 Å². The molecule has 2 aliphatic heterocycles. The van der Waals surface area contributed by atoms with E-state index in [9.17, 15) is 22.8 Å². The van der Waals surface area contributed by atoms with Gasteiger partial charge in [0.1, 0.15) is 5.75 Å². The van der Waals surface area contributed by atoms with Gasteiger partial charge in [-0.25, -0.2) is 0 Å². The molecule has 34 heavy (non-hydrogen) atoms. The molecule has 0 fully saturated rings. The van der Waals surface area contributed by atoms with Crippen molar-refractivity contribution in [2.24, 2.45) is 0 Å². The van der Waals surface area contributed by atoms with E-state index in [-0.39, 0.29) is 24.2 Å². The average Bonchev–Trinajstić information content (AvgIpc) is 3.24. The van der Waals surface area contributed by atoms with E-state index in [4.69, 9.17) is 0 Å². The lowest BCUT2D eigenvalue weighted by molar-refractivity contribution is -0.274. The number of alkyl halides is 3. The number of anilines is 1. The normalized spacial score (nSPS) is 17.8. The molecule has 1 N–H and O–H groups in total. The predicted octanol–water partition coefficient (Wildman–Crippen LogP) is 5.32. The second-order valence-electron chi connectivity index (χ2n) is 8.76. The van der Waals surface area contributed by atoms with Gasteiger partial charge in [0.05, 0.1) is 17.6 Å². The molecule has 9 heteroatoms. The highest BCUT2D eigenvalue weighted by Crippen LogP contribution is 2.47. The zero-order valence-corrected chi connectivity index (χ0v) is 18.7. The van der Waals surface area contributed by atoms with Crippen LogP contribution in [0.25, 0.3) is 10.9 Å². The van der Waals surface area contributed by atoms with Gasteiger partial charge in [-0.3, -0.25) is 14.5 Å². The van der Waals surface area contributed by atoms with Gasteiger partial charge in [-0.05, 0) is 49.2 Å². The number of carbonyl (C=O) groups is 2. The number of halogens is 3. The molecule has 2 aliphatic rings. The lowest BCUT2D eigenvalue weighted by Gasteiger charge is -2.20. The standard InChI is InChI=1S/C25H22F3N3O3/c1-13(2)30-11-17-21(15-7-9-16(10-8-15)34-25(26,27)28)23-19(12-31(14(3)32)24(23)33)29-18-5-4-6-20(30)22(17)18/h4-11,13,21,29H,12H2,1-3H3/t21-/m1/s1. The highest BCUT2D eigenvalue weighted by Gasteiger charge is 2.42. The van der Waals surface area contributed by atoms with E-state index < -0.39 is 18.2 Å². The first-order chi connectivity index (χ1) is 16.0. The van der Waals surface area contributed by atoms with Gasteiger partial charge >= 0.3 is 6.36 Å². The molecule has 0 spiro atoms. The Morgan fingerprint density at radius 1 is 1.15 bits per heavy atom. The van der Waals surface area contributed by atoms with Crippen LogP contribution in [0.1, 0.15) is 43.9 Å². The van der Waals surface area contributed by atoms with Crippen LogP contribution in [0.15, 0.2) is 59.9 Å². The van der Waals surface area contributed by atoms with E-state index in [0.717, 1.165) is 22.2 Å². The zero-order valence-electron chi connectivity index (χ0n) is 18.7. The van der Waals surface area contributed by atoms with Gasteiger partial charge in [0.2, 0.25) is 5.91 Å². The summed E-state index contributed by atoms with van der Waals surface area (Å²) in [5, 5.41) is 4.31. The lowest BCUT2D eigenvalue weighted by atomic mass is 9.84. The van der Waals surface area contributed by atoms with E-state index in [1.165, 1.54) is 36.1 Å². The first-order valence-electron chi connectivity index (χ1n) is 10.9. The molecule has 6 nitrogen and oxygen atoms in total. The van der Waals surface area contributed by atoms with Crippen LogP contribution in [0, 0.1) is 0 Å². The van der Waals surface area contributed by atoms with Crippen molar-refractivity contribution in [1.29, 1.82) is 0 Å². The quantitative estimate of drug-likeness (QED) is 0.564. The monoisotopic (exact) mass is 469 g/mol. The molecule has 2 amide bonds. The number of rotatable bonds is 3. The average molecular weight is 469 g/mol. The third-order valence-electron chi connectivity index (χ3n) is 6.27. The second-order valence-corrected chi connectivity index (χ2v) is 8.76. The van der Waals surface area contributed by atoms with Crippen molar-refractivity contribution >= 4 is 28.4 Å². The smallest absolute Gasteiger partial charge is 0.406 e. The Balaban J connectivity index is 1.72. The minimum atomic E-state index is -4.80. The van der Waals surface area contributed by atoms with Gasteiger partial charge in [0.15, 0.2) is 0 Å². The third kappa shape index (κ3) is 3.52. The van der Waals surface area contributed by atoms with Crippen LogP contribution in [-0.4, -0.2) is 34.2 Å². The molecule has 3 aromatic rings. The van der Waals surface area contributed by atoms with Crippen molar-refractivity contribution < 1.29 is 27.5 Å². The lowest BCUT2D eigenvalue weighted by Crippen LogP contribution is -2.33. The Morgan fingerprint density at radius 2 is 1.85 bits per heavy atom. The van der Waals surface area contributed by atoms with Crippen LogP contribution < -0.4 is 10.1 Å². The van der Waals surface area contributed by atoms with Crippen molar-refractivity contribution in [3.05, 3.63) is 71.1 Å². The fourth-order valence-electron chi connectivity index (χ4n) is 4.87. The summed E-state index contributed by atoms with van der Waals surface area (Å²) >= 11 is 0. The number of ether oxygens (including phenoxy) is 1. The van der Waals surface area contributed by atoms with Gasteiger partial charge in [-0.2, -0.15) is 0 Å². The Morgan fingerprint density at radius 3 is 2.47 bits per heavy atom. The summed E-state index contributed by atoms with van der Waals surface area (Å²) in [5.41, 5.74) is 4.30. The van der Waals surface area contributed by atoms with Gasteiger partial charge < -0.3 is 14.6 Å². The predicted molar refractivity (Wildman–Crippen MR) is 120 cm³/mol. The number of nitrogens with one attached hydrogen (secondary N) is 1. The molecule has 1 atom stereocenters. The minimum Gasteiger partial charge on any atom is -0.406 e. The van der Waals surface area contributed by atoms with Gasteiger partial charge in [0, 0.05) is 41.9 Å². The number of carbonyl (C=O) groups excluding carboxylic acids is 2. The summed E-state index contributed by atoms with van der Waals surface area (Å²) in [4.78, 5) is 26.7. The largest absolute Gasteiger partial charge is 0.573 e. The van der Waals surface area contributed by atoms with Crippen molar-refractivity contribution in [1.82, 2.24) is 9.47 Å². The maximum atomic E-state index is 13.4. The van der Waals surface area contributed by atoms with Gasteiger partial charge in [-0.1, -0.05) is 18.2 Å². The molecular formula is C25H22F3N3O3. The highest BCUT2D eigenvalue weighted by atomic mass is 19.4. The summed E-state index contributed by atoms with van der Waals surface area (Å²) < 4.78 is 44.1. The van der Waals surface area contributed by atoms with Crippen LogP contribution in [0.2, 0.25) is 0 Å². The first-order valence-corrected chi connectivity index (χ1v) is 10.9. The Kier molecular flexibility index (Phi) is 4.96. The van der Waals surface area contributed by atoms with Crippen molar-refractivity contribution in [3.8, 4) is 5.75 Å². The number of benzene rings is 2. The number of hydrogen-bond donors (Lipinski definition) is 1. The van der Waals surface area contributed by atoms with Crippen LogP contribution in [-0.2, 0) is 9.59 Å². The summed E-state index contributed by atoms with van der Waals surface area (Å²) in [6.45, 7) is 5.55. The van der Waals surface area contributed by atoms with Crippen molar-refractivity contribution in [2.45, 2.75) is 39.1 Å². The van der Waals surface area contributed by atoms with Crippen LogP contribution in [0.5, 0.6) is 5.75 Å². The summed E-state index contributed by atoms with van der Waals surface area (Å²) in [5.74, 6) is -1.70. The molecule has 176 valence electrons. The van der Waals surface area contributed by atoms with E-state index in [1.807, 2.05) is 24.4 Å². The number of amides is 2. The maximum absolute atomic E-state index is 13.4. The molecule has 0 radical (unpaired) electrons. The topological polar surface area (TPSA) is 63.6 Å². The van der Waals surface area contributed by atoms with Crippen LogP contribution >= 0.6 is 0 Å². The van der Waals surface area contributed by atoms with E-state index in [1.54, 1.807) is 0 Å². The van der Waals surface area contributed by atoms with Gasteiger partial charge in [0.25, 0.3) is 5.91 Å². The minimum absolute atomic E-state index is 0.111. The van der Waals surface area contributed by atoms with Crippen molar-refractivity contribution in [3.63, 3.8) is 0 Å². The molecule has 0 bridgehead atoms. The molecule has 3 heterocycles. The number of imide groups is 1. The summed E-state index contributed by atoms with van der Waals surface area (Å²) in [6, 6.07) is 11.5. The number of hydrogen-bond acceptors (Lipinski definition) is 4. The molecule has 1 aromatic heterocycles. The SMILES string of the molecule is CC(=O)N1CC2=C(C1=O)[C@H](c1ccc(OC(F)(F)F)cc1)c1cn(C(C)C)c3cccc(c13)N2. The highest BCUT2D eigenvalue weighted by molar-refractivity contribution is 6.11. The Hall–Kier alpha value is -3.75. The number of nitrogens with zero attached hydrogens (tertiary/aromatic N) is 2. The van der Waals surface area contributed by atoms with E-state index in [0.29, 0.717) is 16.8 Å². The third-order valence-corrected chi connectivity index (χ3v) is 6.27. The van der Waals surface area contributed by atoms with Crippen LogP contribution in [0.4, 0.5) is 18.9 Å². The number of aromatic nitrogens is 1. The second kappa shape index (κ2) is 7.65. The maximum Gasteiger partial charge on any atom is 0.573 e.